The molecule has 1 saturated heterocycles. The van der Waals surface area contributed by atoms with Gasteiger partial charge in [0.2, 0.25) is 0 Å². The Morgan fingerprint density at radius 2 is 2.04 bits per heavy atom. The second-order valence-electron chi connectivity index (χ2n) is 6.32. The lowest BCUT2D eigenvalue weighted by atomic mass is 9.94. The van der Waals surface area contributed by atoms with E-state index in [2.05, 4.69) is 10.6 Å². The number of carbonyl (C=O) groups excluding carboxylic acids is 2. The molecule has 1 fully saturated rings. The zero-order valence-corrected chi connectivity index (χ0v) is 15.7. The highest BCUT2D eigenvalue weighted by Gasteiger charge is 2.24. The maximum absolute atomic E-state index is 12.3. The molecular formula is C18H28ClN3O3. The average molecular weight is 370 g/mol. The monoisotopic (exact) mass is 369 g/mol. The summed E-state index contributed by atoms with van der Waals surface area (Å²) in [5.74, 6) is -0.358. The van der Waals surface area contributed by atoms with Gasteiger partial charge in [0, 0.05) is 29.9 Å². The van der Waals surface area contributed by atoms with Gasteiger partial charge in [-0.1, -0.05) is 19.9 Å². The van der Waals surface area contributed by atoms with Crippen molar-refractivity contribution in [1.82, 2.24) is 5.32 Å². The molecule has 0 radical (unpaired) electrons. The van der Waals surface area contributed by atoms with Crippen molar-refractivity contribution in [3.8, 4) is 0 Å². The van der Waals surface area contributed by atoms with Crippen LogP contribution in [0.2, 0.25) is 0 Å². The van der Waals surface area contributed by atoms with Gasteiger partial charge in [-0.25, -0.2) is 0 Å². The number of hydrogen-bond donors (Lipinski definition) is 3. The molecule has 0 saturated carbocycles. The van der Waals surface area contributed by atoms with Crippen molar-refractivity contribution >= 4 is 29.9 Å². The van der Waals surface area contributed by atoms with Crippen LogP contribution in [-0.2, 0) is 9.53 Å². The lowest BCUT2D eigenvalue weighted by Crippen LogP contribution is -2.49. The van der Waals surface area contributed by atoms with Crippen molar-refractivity contribution in [3.63, 3.8) is 0 Å². The van der Waals surface area contributed by atoms with E-state index in [1.54, 1.807) is 24.3 Å². The van der Waals surface area contributed by atoms with Gasteiger partial charge in [0.15, 0.2) is 0 Å². The number of ether oxygens (including phenoxy) is 1. The fourth-order valence-corrected chi connectivity index (χ4v) is 2.60. The summed E-state index contributed by atoms with van der Waals surface area (Å²) >= 11 is 0. The summed E-state index contributed by atoms with van der Waals surface area (Å²) in [5.41, 5.74) is 6.90. The van der Waals surface area contributed by atoms with E-state index in [-0.39, 0.29) is 29.8 Å². The Hall–Kier alpha value is -1.63. The van der Waals surface area contributed by atoms with Crippen LogP contribution in [0.3, 0.4) is 0 Å². The molecule has 2 amide bonds. The number of nitrogens with one attached hydrogen (secondary N) is 2. The van der Waals surface area contributed by atoms with Crippen molar-refractivity contribution in [3.05, 3.63) is 29.8 Å². The first-order valence-electron chi connectivity index (χ1n) is 8.57. The van der Waals surface area contributed by atoms with Gasteiger partial charge in [0.05, 0.1) is 0 Å². The molecule has 2 rings (SSSR count). The first kappa shape index (κ1) is 21.4. The first-order valence-corrected chi connectivity index (χ1v) is 8.57. The van der Waals surface area contributed by atoms with Crippen LogP contribution in [0.1, 0.15) is 49.9 Å². The van der Waals surface area contributed by atoms with Gasteiger partial charge >= 0.3 is 0 Å². The van der Waals surface area contributed by atoms with Crippen LogP contribution in [0.4, 0.5) is 5.69 Å². The molecule has 0 aliphatic carbocycles. The van der Waals surface area contributed by atoms with Crippen LogP contribution in [-0.4, -0.2) is 36.6 Å². The van der Waals surface area contributed by atoms with Crippen LogP contribution < -0.4 is 16.4 Å². The zero-order chi connectivity index (χ0) is 17.6. The third-order valence-corrected chi connectivity index (χ3v) is 4.62. The molecule has 140 valence electrons. The minimum absolute atomic E-state index is 0. The van der Waals surface area contributed by atoms with Gasteiger partial charge in [0.25, 0.3) is 11.8 Å². The maximum Gasteiger partial charge on any atom is 0.253 e. The number of nitrogens with two attached hydrogens (primary N) is 1. The van der Waals surface area contributed by atoms with Crippen LogP contribution >= 0.6 is 12.4 Å². The molecule has 1 aromatic carbocycles. The minimum Gasteiger partial charge on any atom is -0.368 e. The third-order valence-electron chi connectivity index (χ3n) is 4.62. The zero-order valence-electron chi connectivity index (χ0n) is 14.8. The molecule has 1 unspecified atom stereocenters. The van der Waals surface area contributed by atoms with E-state index in [1.807, 2.05) is 13.8 Å². The van der Waals surface area contributed by atoms with E-state index in [0.717, 1.165) is 25.7 Å². The van der Waals surface area contributed by atoms with Gasteiger partial charge in [-0.3, -0.25) is 9.59 Å². The molecule has 6 nitrogen and oxygen atoms in total. The summed E-state index contributed by atoms with van der Waals surface area (Å²) in [6, 6.07) is 6.88. The fraction of sp³-hybridized carbons (Fsp3) is 0.556. The predicted molar refractivity (Wildman–Crippen MR) is 101 cm³/mol. The van der Waals surface area contributed by atoms with Crippen molar-refractivity contribution in [2.24, 2.45) is 5.73 Å². The SMILES string of the molecule is CCC(N)(CC)CNC(=O)c1cccc(NC(=O)C2CCCO2)c1.Cl. The summed E-state index contributed by atoms with van der Waals surface area (Å²) in [7, 11) is 0. The smallest absolute Gasteiger partial charge is 0.253 e. The highest BCUT2D eigenvalue weighted by Crippen LogP contribution is 2.16. The summed E-state index contributed by atoms with van der Waals surface area (Å²) in [6.07, 6.45) is 2.83. The molecular weight excluding hydrogens is 342 g/mol. The number of carbonyl (C=O) groups is 2. The summed E-state index contributed by atoms with van der Waals surface area (Å²) in [6.45, 7) is 5.06. The molecule has 0 aromatic heterocycles. The van der Waals surface area contributed by atoms with E-state index < -0.39 is 6.10 Å². The highest BCUT2D eigenvalue weighted by atomic mass is 35.5. The Balaban J connectivity index is 0.00000312. The molecule has 1 atom stereocenters. The van der Waals surface area contributed by atoms with Gasteiger partial charge in [0.1, 0.15) is 6.10 Å². The lowest BCUT2D eigenvalue weighted by molar-refractivity contribution is -0.124. The third kappa shape index (κ3) is 5.99. The Labute approximate surface area is 155 Å². The van der Waals surface area contributed by atoms with Crippen molar-refractivity contribution in [2.75, 3.05) is 18.5 Å². The normalized spacial score (nSPS) is 16.8. The maximum atomic E-state index is 12.3. The first-order chi connectivity index (χ1) is 11.5. The molecule has 7 heteroatoms. The van der Waals surface area contributed by atoms with Gasteiger partial charge in [-0.15, -0.1) is 12.4 Å². The Kier molecular flexibility index (Phi) is 8.35. The van der Waals surface area contributed by atoms with Crippen molar-refractivity contribution in [2.45, 2.75) is 51.2 Å². The molecule has 0 spiro atoms. The van der Waals surface area contributed by atoms with Crippen LogP contribution in [0, 0.1) is 0 Å². The van der Waals surface area contributed by atoms with Crippen molar-refractivity contribution < 1.29 is 14.3 Å². The largest absolute Gasteiger partial charge is 0.368 e. The molecule has 4 N–H and O–H groups in total. The molecule has 1 aliphatic heterocycles. The molecule has 25 heavy (non-hydrogen) atoms. The molecule has 0 bridgehead atoms. The Morgan fingerprint density at radius 1 is 1.32 bits per heavy atom. The number of amides is 2. The van der Waals surface area contributed by atoms with E-state index in [9.17, 15) is 9.59 Å². The molecule has 1 aromatic rings. The number of rotatable bonds is 7. The lowest BCUT2D eigenvalue weighted by Gasteiger charge is -2.26. The fourth-order valence-electron chi connectivity index (χ4n) is 2.60. The van der Waals surface area contributed by atoms with E-state index in [0.29, 0.717) is 24.4 Å². The quantitative estimate of drug-likeness (QED) is 0.688. The Morgan fingerprint density at radius 3 is 2.64 bits per heavy atom. The van der Waals surface area contributed by atoms with Gasteiger partial charge in [-0.05, 0) is 43.9 Å². The summed E-state index contributed by atoms with van der Waals surface area (Å²) < 4.78 is 5.36. The topological polar surface area (TPSA) is 93.5 Å². The van der Waals surface area contributed by atoms with E-state index in [1.165, 1.54) is 0 Å². The number of hydrogen-bond acceptors (Lipinski definition) is 4. The average Bonchev–Trinajstić information content (AvgIpc) is 3.14. The standard InChI is InChI=1S/C18H27N3O3.ClH/c1-3-18(19,4-2)12-20-16(22)13-7-5-8-14(11-13)21-17(23)15-9-6-10-24-15;/h5,7-8,11,15H,3-4,6,9-10,12,19H2,1-2H3,(H,20,22)(H,21,23);1H. The summed E-state index contributed by atoms with van der Waals surface area (Å²) in [4.78, 5) is 24.4. The van der Waals surface area contributed by atoms with Crippen LogP contribution in [0.5, 0.6) is 0 Å². The molecule has 1 aliphatic rings. The summed E-state index contributed by atoms with van der Waals surface area (Å²) in [5, 5.41) is 5.68. The van der Waals surface area contributed by atoms with Crippen LogP contribution in [0.15, 0.2) is 24.3 Å². The predicted octanol–water partition coefficient (Wildman–Crippen LogP) is 2.47. The molecule has 1 heterocycles. The number of anilines is 1. The van der Waals surface area contributed by atoms with Gasteiger partial charge in [-0.2, -0.15) is 0 Å². The van der Waals surface area contributed by atoms with Gasteiger partial charge < -0.3 is 21.1 Å². The minimum atomic E-state index is -0.394. The van der Waals surface area contributed by atoms with Crippen LogP contribution in [0.25, 0.3) is 0 Å². The second kappa shape index (κ2) is 9.75. The highest BCUT2D eigenvalue weighted by molar-refractivity contribution is 5.98. The number of benzene rings is 1. The van der Waals surface area contributed by atoms with E-state index >= 15 is 0 Å². The van der Waals surface area contributed by atoms with Crippen molar-refractivity contribution in [1.29, 1.82) is 0 Å². The Bertz CT molecular complexity index is 585. The van der Waals surface area contributed by atoms with E-state index in [4.69, 9.17) is 10.5 Å². The second-order valence-corrected chi connectivity index (χ2v) is 6.32. The number of halogens is 1.